The number of nitrogen functional groups attached to an aromatic ring is 1. The molecule has 0 aliphatic heterocycles. The highest BCUT2D eigenvalue weighted by molar-refractivity contribution is 7.88. The molecule has 0 aliphatic rings. The van der Waals surface area contributed by atoms with E-state index in [1.165, 1.54) is 4.68 Å². The number of carbonyl (C=O) groups is 1. The van der Waals surface area contributed by atoms with Crippen LogP contribution in [0.25, 0.3) is 16.6 Å². The maximum Gasteiger partial charge on any atom is 0.271 e. The predicted molar refractivity (Wildman–Crippen MR) is 167 cm³/mol. The van der Waals surface area contributed by atoms with Crippen molar-refractivity contribution in [1.82, 2.24) is 23.9 Å². The van der Waals surface area contributed by atoms with E-state index in [-0.39, 0.29) is 23.6 Å². The second-order valence-corrected chi connectivity index (χ2v) is 10.4. The molecule has 42 heavy (non-hydrogen) atoms. The average molecular weight is 591 g/mol. The van der Waals surface area contributed by atoms with Crippen LogP contribution in [0, 0.1) is 18.8 Å². The number of allylic oxidation sites excluding steroid dienone is 1. The largest absolute Gasteiger partial charge is 0.382 e. The van der Waals surface area contributed by atoms with Crippen LogP contribution in [-0.4, -0.2) is 53.1 Å². The first-order valence-electron chi connectivity index (χ1n) is 12.6. The van der Waals surface area contributed by atoms with Gasteiger partial charge in [-0.3, -0.25) is 14.2 Å². The molecule has 5 N–H and O–H groups in total. The van der Waals surface area contributed by atoms with Crippen LogP contribution in [0.2, 0.25) is 0 Å². The second-order valence-electron chi connectivity index (χ2n) is 8.57. The smallest absolute Gasteiger partial charge is 0.271 e. The van der Waals surface area contributed by atoms with Gasteiger partial charge < -0.3 is 11.5 Å². The van der Waals surface area contributed by atoms with E-state index >= 15 is 0 Å². The van der Waals surface area contributed by atoms with Crippen molar-refractivity contribution in [3.63, 3.8) is 0 Å². The number of carbonyl (C=O) groups excluding carboxylic acids is 1. The highest BCUT2D eigenvalue weighted by Gasteiger charge is 2.16. The Hall–Kier alpha value is -5.06. The van der Waals surface area contributed by atoms with Crippen molar-refractivity contribution in [1.29, 1.82) is 0 Å². The molecule has 2 heterocycles. The monoisotopic (exact) mass is 590 g/mol. The minimum absolute atomic E-state index is 0.0252. The van der Waals surface area contributed by atoms with Gasteiger partial charge in [0.05, 0.1) is 29.4 Å². The molecular formula is C29H34N8O4S. The number of imidazole rings is 1. The van der Waals surface area contributed by atoms with Gasteiger partial charge in [-0.1, -0.05) is 49.1 Å². The predicted octanol–water partition coefficient (Wildman–Crippen LogP) is 2.38. The van der Waals surface area contributed by atoms with E-state index in [1.54, 1.807) is 35.8 Å². The van der Waals surface area contributed by atoms with Crippen molar-refractivity contribution in [2.75, 3.05) is 18.5 Å². The van der Waals surface area contributed by atoms with E-state index in [4.69, 9.17) is 11.5 Å². The van der Waals surface area contributed by atoms with Gasteiger partial charge >= 0.3 is 0 Å². The standard InChI is InChI=1S/C20H19N3O3S.C6H9N5O.C3H6/c1-3-18-22-17-13-7-9-15(10-8-14-21-27(2,25)26)19(17)20(24)23(18)16-11-5-4-6-12-16;1-3-10-5(7)4(6(8)12)11(3)9-2;1-3-2/h4-7,9,11-13,21H,3,14H2,1-2H3;2,7H2,1H3,(H2,8,12);3H,1H2,2H3. The number of nitrogens with one attached hydrogen (secondary N) is 1. The molecule has 0 saturated heterocycles. The summed E-state index contributed by atoms with van der Waals surface area (Å²) in [5.74, 6) is 6.20. The Labute approximate surface area is 244 Å². The minimum Gasteiger partial charge on any atom is -0.382 e. The highest BCUT2D eigenvalue weighted by atomic mass is 32.2. The summed E-state index contributed by atoms with van der Waals surface area (Å²) in [5.41, 5.74) is 12.2. The zero-order valence-corrected chi connectivity index (χ0v) is 24.8. The number of benzene rings is 2. The quantitative estimate of drug-likeness (QED) is 0.175. The van der Waals surface area contributed by atoms with Gasteiger partial charge in [-0.05, 0) is 38.1 Å². The van der Waals surface area contributed by atoms with Crippen molar-refractivity contribution in [2.24, 2.45) is 10.8 Å². The Bertz CT molecular complexity index is 1820. The minimum atomic E-state index is -3.31. The molecule has 13 heteroatoms. The molecule has 0 fully saturated rings. The van der Waals surface area contributed by atoms with Crippen LogP contribution in [0.4, 0.5) is 5.82 Å². The summed E-state index contributed by atoms with van der Waals surface area (Å²) in [5, 5.41) is 3.96. The first-order valence-corrected chi connectivity index (χ1v) is 14.5. The molecule has 0 saturated carbocycles. The van der Waals surface area contributed by atoms with Crippen LogP contribution in [0.5, 0.6) is 0 Å². The molecule has 12 nitrogen and oxygen atoms in total. The maximum atomic E-state index is 13.3. The topological polar surface area (TPSA) is 180 Å². The number of hydrogen-bond acceptors (Lipinski definition) is 8. The molecule has 4 rings (SSSR count). The number of nitrogens with two attached hydrogens (primary N) is 2. The molecule has 4 aromatic rings. The van der Waals surface area contributed by atoms with Gasteiger partial charge in [-0.15, -0.1) is 6.58 Å². The van der Waals surface area contributed by atoms with E-state index in [1.807, 2.05) is 44.2 Å². The zero-order chi connectivity index (χ0) is 31.4. The third-order valence-electron chi connectivity index (χ3n) is 5.36. The summed E-state index contributed by atoms with van der Waals surface area (Å²) in [6, 6.07) is 14.7. The molecule has 0 bridgehead atoms. The van der Waals surface area contributed by atoms with Gasteiger partial charge in [0.25, 0.3) is 11.5 Å². The molecule has 0 radical (unpaired) electrons. The summed E-state index contributed by atoms with van der Waals surface area (Å²) < 4.78 is 27.4. The Morgan fingerprint density at radius 2 is 1.81 bits per heavy atom. The number of sulfonamides is 1. The van der Waals surface area contributed by atoms with Crippen molar-refractivity contribution < 1.29 is 13.2 Å². The van der Waals surface area contributed by atoms with Crippen molar-refractivity contribution >= 4 is 39.4 Å². The number of aryl methyl sites for hydroxylation is 2. The first-order chi connectivity index (χ1) is 19.9. The van der Waals surface area contributed by atoms with E-state index in [0.717, 1.165) is 11.9 Å². The summed E-state index contributed by atoms with van der Waals surface area (Å²) in [4.78, 5) is 32.5. The van der Waals surface area contributed by atoms with Gasteiger partial charge in [0, 0.05) is 18.7 Å². The van der Waals surface area contributed by atoms with Crippen LogP contribution in [0.3, 0.4) is 0 Å². The fourth-order valence-corrected chi connectivity index (χ4v) is 4.05. The lowest BCUT2D eigenvalue weighted by molar-refractivity contribution is 0.0993. The molecular weight excluding hydrogens is 556 g/mol. The van der Waals surface area contributed by atoms with Crippen molar-refractivity contribution in [3.05, 3.63) is 94.4 Å². The van der Waals surface area contributed by atoms with Crippen LogP contribution in [-0.2, 0) is 16.4 Å². The Morgan fingerprint density at radius 1 is 1.17 bits per heavy atom. The Morgan fingerprint density at radius 3 is 2.33 bits per heavy atom. The van der Waals surface area contributed by atoms with Gasteiger partial charge in [0.1, 0.15) is 11.6 Å². The summed E-state index contributed by atoms with van der Waals surface area (Å²) in [7, 11) is -3.31. The van der Waals surface area contributed by atoms with Gasteiger partial charge in [0.15, 0.2) is 11.5 Å². The summed E-state index contributed by atoms with van der Waals surface area (Å²) in [6.45, 7) is 12.1. The van der Waals surface area contributed by atoms with Crippen LogP contribution < -0.4 is 21.7 Å². The fraction of sp³-hybridized carbons (Fsp3) is 0.207. The number of aromatic nitrogens is 4. The molecule has 0 spiro atoms. The molecule has 2 aromatic heterocycles. The third kappa shape index (κ3) is 8.47. The molecule has 0 atom stereocenters. The lowest BCUT2D eigenvalue weighted by atomic mass is 10.1. The first kappa shape index (κ1) is 33.1. The average Bonchev–Trinajstić information content (AvgIpc) is 3.24. The summed E-state index contributed by atoms with van der Waals surface area (Å²) in [6.07, 6.45) is 3.43. The number of hydrogen-bond donors (Lipinski definition) is 3. The van der Waals surface area contributed by atoms with Crippen LogP contribution in [0.15, 0.2) is 71.1 Å². The molecule has 0 unspecified atom stereocenters. The number of fused-ring (bicyclic) bond motifs is 1. The number of para-hydroxylation sites is 1. The SMILES string of the molecule is C=CC.C=Nn1c(C)nc(N)c1C(N)=O.CCc1nc2cccc(C#CCNS(C)(=O)=O)c2c(=O)n1-c1ccccc1. The third-order valence-corrected chi connectivity index (χ3v) is 6.03. The molecule has 2 aromatic carbocycles. The Kier molecular flexibility index (Phi) is 11.9. The van der Waals surface area contributed by atoms with E-state index in [0.29, 0.717) is 34.5 Å². The Balaban J connectivity index is 0.000000342. The lowest BCUT2D eigenvalue weighted by Gasteiger charge is -2.13. The molecule has 1 amide bonds. The van der Waals surface area contributed by atoms with Crippen molar-refractivity contribution in [2.45, 2.75) is 27.2 Å². The maximum absolute atomic E-state index is 13.3. The van der Waals surface area contributed by atoms with Crippen LogP contribution in [0.1, 0.15) is 41.5 Å². The van der Waals surface area contributed by atoms with E-state index < -0.39 is 15.9 Å². The number of nitrogens with zero attached hydrogens (tertiary/aromatic N) is 5. The van der Waals surface area contributed by atoms with Gasteiger partial charge in [-0.25, -0.2) is 27.8 Å². The normalized spacial score (nSPS) is 10.3. The fourth-order valence-electron chi connectivity index (χ4n) is 3.72. The number of rotatable bonds is 6. The van der Waals surface area contributed by atoms with Crippen LogP contribution >= 0.6 is 0 Å². The number of primary amides is 1. The lowest BCUT2D eigenvalue weighted by Crippen LogP contribution is -2.24. The second kappa shape index (κ2) is 15.1. The van der Waals surface area contributed by atoms with Crippen molar-refractivity contribution in [3.8, 4) is 17.5 Å². The summed E-state index contributed by atoms with van der Waals surface area (Å²) >= 11 is 0. The van der Waals surface area contributed by atoms with Gasteiger partial charge in [0.2, 0.25) is 10.0 Å². The number of anilines is 1. The molecule has 0 aliphatic carbocycles. The van der Waals surface area contributed by atoms with E-state index in [2.05, 4.69) is 44.9 Å². The molecule has 220 valence electrons. The number of amides is 1. The highest BCUT2D eigenvalue weighted by Crippen LogP contribution is 2.16. The van der Waals surface area contributed by atoms with E-state index in [9.17, 15) is 18.0 Å². The van der Waals surface area contributed by atoms with Gasteiger partial charge in [-0.2, -0.15) is 5.10 Å². The zero-order valence-electron chi connectivity index (χ0n) is 24.0.